The van der Waals surface area contributed by atoms with E-state index >= 15 is 0 Å². The molecule has 2 aliphatic heterocycles. The van der Waals surface area contributed by atoms with Crippen molar-refractivity contribution in [2.75, 3.05) is 43.0 Å². The van der Waals surface area contributed by atoms with Gasteiger partial charge in [-0.1, -0.05) is 6.07 Å². The number of halogens is 2. The Balaban J connectivity index is 1.33. The Morgan fingerprint density at radius 3 is 2.52 bits per heavy atom. The van der Waals surface area contributed by atoms with Gasteiger partial charge in [0, 0.05) is 70.1 Å². The van der Waals surface area contributed by atoms with Crippen molar-refractivity contribution in [3.05, 3.63) is 42.5 Å². The summed E-state index contributed by atoms with van der Waals surface area (Å²) in [4.78, 5) is 19.3. The first-order valence-corrected chi connectivity index (χ1v) is 9.29. The van der Waals surface area contributed by atoms with E-state index in [1.54, 1.807) is 6.20 Å². The first-order valence-electron chi connectivity index (χ1n) is 9.29. The second-order valence-corrected chi connectivity index (χ2v) is 7.41. The van der Waals surface area contributed by atoms with Crippen molar-refractivity contribution in [1.29, 1.82) is 0 Å². The lowest BCUT2D eigenvalue weighted by atomic mass is 10.1. The molecule has 0 saturated carbocycles. The molecule has 2 aliphatic rings. The topological polar surface area (TPSA) is 48.4 Å². The van der Waals surface area contributed by atoms with Gasteiger partial charge in [0.15, 0.2) is 0 Å². The average molecular weight is 374 g/mol. The molecule has 0 radical (unpaired) electrons. The summed E-state index contributed by atoms with van der Waals surface area (Å²) >= 11 is 0. The Morgan fingerprint density at radius 2 is 1.85 bits per heavy atom. The molecular formula is C19H24F2N6. The zero-order valence-electron chi connectivity index (χ0n) is 15.4. The van der Waals surface area contributed by atoms with Crippen LogP contribution in [0.4, 0.5) is 20.4 Å². The third kappa shape index (κ3) is 4.16. The number of hydrogen-bond donors (Lipinski definition) is 0. The van der Waals surface area contributed by atoms with Crippen molar-refractivity contribution in [3.63, 3.8) is 0 Å². The van der Waals surface area contributed by atoms with E-state index in [-0.39, 0.29) is 12.8 Å². The largest absolute Gasteiger partial charge is 0.356 e. The van der Waals surface area contributed by atoms with Crippen LogP contribution in [0.15, 0.2) is 36.9 Å². The van der Waals surface area contributed by atoms with Crippen LogP contribution in [0.25, 0.3) is 0 Å². The minimum atomic E-state index is -2.55. The first-order chi connectivity index (χ1) is 13.0. The van der Waals surface area contributed by atoms with Crippen LogP contribution in [0.5, 0.6) is 0 Å². The molecule has 0 spiro atoms. The second kappa shape index (κ2) is 7.34. The molecule has 0 aromatic carbocycles. The Hall–Kier alpha value is -2.35. The highest BCUT2D eigenvalue weighted by molar-refractivity contribution is 5.52. The maximum Gasteiger partial charge on any atom is 0.251 e. The van der Waals surface area contributed by atoms with Gasteiger partial charge in [-0.3, -0.25) is 9.88 Å². The van der Waals surface area contributed by atoms with Crippen molar-refractivity contribution >= 4 is 11.6 Å². The van der Waals surface area contributed by atoms with E-state index in [1.807, 2.05) is 23.2 Å². The van der Waals surface area contributed by atoms with Gasteiger partial charge in [0.2, 0.25) is 0 Å². The number of pyridine rings is 1. The number of aromatic nitrogens is 3. The minimum Gasteiger partial charge on any atom is -0.356 e. The third-order valence-corrected chi connectivity index (χ3v) is 5.42. The van der Waals surface area contributed by atoms with Gasteiger partial charge in [-0.2, -0.15) is 0 Å². The summed E-state index contributed by atoms with van der Waals surface area (Å²) in [7, 11) is 2.12. The maximum atomic E-state index is 13.4. The predicted molar refractivity (Wildman–Crippen MR) is 100 cm³/mol. The van der Waals surface area contributed by atoms with E-state index < -0.39 is 5.92 Å². The highest BCUT2D eigenvalue weighted by atomic mass is 19.3. The number of alkyl halides is 2. The highest BCUT2D eigenvalue weighted by Gasteiger charge is 2.35. The molecule has 6 nitrogen and oxygen atoms in total. The fourth-order valence-corrected chi connectivity index (χ4v) is 3.58. The van der Waals surface area contributed by atoms with Gasteiger partial charge in [0.1, 0.15) is 18.0 Å². The standard InChI is InChI=1S/C19H24F2N6/c1-25(11-15-3-2-6-22-10-15)16-12-27(13-16)18-9-17(23-14-24-18)26-7-4-19(20,21)5-8-26/h2-3,6,9-10,14,16H,4-5,7-8,11-13H2,1H3. The van der Waals surface area contributed by atoms with E-state index in [0.717, 1.165) is 31.3 Å². The number of piperidine rings is 1. The lowest BCUT2D eigenvalue weighted by Gasteiger charge is -2.45. The predicted octanol–water partition coefficient (Wildman–Crippen LogP) is 2.43. The molecule has 0 aliphatic carbocycles. The summed E-state index contributed by atoms with van der Waals surface area (Å²) in [6.07, 6.45) is 4.98. The normalized spacial score (nSPS) is 20.0. The van der Waals surface area contributed by atoms with Crippen molar-refractivity contribution in [3.8, 4) is 0 Å². The number of likely N-dealkylation sites (N-methyl/N-ethyl adjacent to an activating group) is 1. The summed E-state index contributed by atoms with van der Waals surface area (Å²) < 4.78 is 26.7. The van der Waals surface area contributed by atoms with Crippen molar-refractivity contribution in [2.45, 2.75) is 31.4 Å². The van der Waals surface area contributed by atoms with Crippen LogP contribution in [0.1, 0.15) is 18.4 Å². The Kier molecular flexibility index (Phi) is 4.90. The van der Waals surface area contributed by atoms with Crippen LogP contribution in [-0.2, 0) is 6.54 Å². The zero-order valence-corrected chi connectivity index (χ0v) is 15.4. The molecule has 0 amide bonds. The zero-order chi connectivity index (χ0) is 18.9. The quantitative estimate of drug-likeness (QED) is 0.801. The highest BCUT2D eigenvalue weighted by Crippen LogP contribution is 2.31. The molecule has 2 aromatic rings. The van der Waals surface area contributed by atoms with Crippen LogP contribution in [-0.4, -0.2) is 65.0 Å². The Bertz CT molecular complexity index is 756. The molecule has 0 atom stereocenters. The van der Waals surface area contributed by atoms with Crippen LogP contribution >= 0.6 is 0 Å². The lowest BCUT2D eigenvalue weighted by molar-refractivity contribution is -0.0221. The molecule has 4 heterocycles. The summed E-state index contributed by atoms with van der Waals surface area (Å²) in [5.41, 5.74) is 1.20. The summed E-state index contributed by atoms with van der Waals surface area (Å²) in [5, 5.41) is 0. The van der Waals surface area contributed by atoms with Crippen LogP contribution in [0, 0.1) is 0 Å². The fourth-order valence-electron chi connectivity index (χ4n) is 3.58. The van der Waals surface area contributed by atoms with E-state index in [9.17, 15) is 8.78 Å². The average Bonchev–Trinajstić information content (AvgIpc) is 2.61. The molecule has 2 fully saturated rings. The van der Waals surface area contributed by atoms with Gasteiger partial charge in [-0.15, -0.1) is 0 Å². The number of nitrogens with zero attached hydrogens (tertiary/aromatic N) is 6. The molecule has 144 valence electrons. The van der Waals surface area contributed by atoms with Crippen molar-refractivity contribution in [1.82, 2.24) is 19.9 Å². The van der Waals surface area contributed by atoms with E-state index in [0.29, 0.717) is 19.1 Å². The maximum absolute atomic E-state index is 13.4. The molecule has 4 rings (SSSR count). The van der Waals surface area contributed by atoms with Gasteiger partial charge in [-0.25, -0.2) is 18.7 Å². The van der Waals surface area contributed by atoms with E-state index in [2.05, 4.69) is 37.9 Å². The SMILES string of the molecule is CN(Cc1cccnc1)C1CN(c2cc(N3CCC(F)(F)CC3)ncn2)C1. The number of hydrogen-bond acceptors (Lipinski definition) is 6. The van der Waals surface area contributed by atoms with Crippen molar-refractivity contribution < 1.29 is 8.78 Å². The molecule has 27 heavy (non-hydrogen) atoms. The first kappa shape index (κ1) is 18.0. The van der Waals surface area contributed by atoms with E-state index in [4.69, 9.17) is 0 Å². The fraction of sp³-hybridized carbons (Fsp3) is 0.526. The molecule has 2 aromatic heterocycles. The van der Waals surface area contributed by atoms with Crippen LogP contribution in [0.2, 0.25) is 0 Å². The van der Waals surface area contributed by atoms with Crippen molar-refractivity contribution in [2.24, 2.45) is 0 Å². The number of anilines is 2. The monoisotopic (exact) mass is 374 g/mol. The lowest BCUT2D eigenvalue weighted by Crippen LogP contribution is -2.58. The molecule has 8 heteroatoms. The molecule has 0 bridgehead atoms. The Morgan fingerprint density at radius 1 is 1.15 bits per heavy atom. The minimum absolute atomic E-state index is 0.114. The Labute approximate surface area is 157 Å². The van der Waals surface area contributed by atoms with E-state index in [1.165, 1.54) is 11.9 Å². The molecule has 0 unspecified atom stereocenters. The summed E-state index contributed by atoms with van der Waals surface area (Å²) in [6, 6.07) is 6.41. The summed E-state index contributed by atoms with van der Waals surface area (Å²) in [5.74, 6) is -0.943. The van der Waals surface area contributed by atoms with Gasteiger partial charge in [0.25, 0.3) is 5.92 Å². The summed E-state index contributed by atoms with van der Waals surface area (Å²) in [6.45, 7) is 3.32. The third-order valence-electron chi connectivity index (χ3n) is 5.42. The van der Waals surface area contributed by atoms with Crippen LogP contribution in [0.3, 0.4) is 0 Å². The molecule has 0 N–H and O–H groups in total. The van der Waals surface area contributed by atoms with Crippen LogP contribution < -0.4 is 9.80 Å². The van der Waals surface area contributed by atoms with Gasteiger partial charge < -0.3 is 9.80 Å². The smallest absolute Gasteiger partial charge is 0.251 e. The molecular weight excluding hydrogens is 350 g/mol. The second-order valence-electron chi connectivity index (χ2n) is 7.41. The number of rotatable bonds is 5. The van der Waals surface area contributed by atoms with Gasteiger partial charge >= 0.3 is 0 Å². The molecule has 2 saturated heterocycles. The van der Waals surface area contributed by atoms with Gasteiger partial charge in [-0.05, 0) is 18.7 Å². The van der Waals surface area contributed by atoms with Gasteiger partial charge in [0.05, 0.1) is 0 Å².